The molecule has 0 aliphatic rings. The molecular weight excluding hydrogens is 272 g/mol. The predicted molar refractivity (Wildman–Crippen MR) is 83.0 cm³/mol. The van der Waals surface area contributed by atoms with Crippen molar-refractivity contribution in [2.45, 2.75) is 57.5 Å². The van der Waals surface area contributed by atoms with E-state index in [1.54, 1.807) is 13.1 Å². The van der Waals surface area contributed by atoms with Gasteiger partial charge in [-0.25, -0.2) is 8.42 Å². The Balaban J connectivity index is 3.33. The highest BCUT2D eigenvalue weighted by molar-refractivity contribution is 7.89. The SMILES string of the molecule is CCc1ccc(CN)cc1S(=O)(=O)N(C)C(CC)CC. The molecule has 0 atom stereocenters. The Hall–Kier alpha value is -0.910. The fourth-order valence-electron chi connectivity index (χ4n) is 2.41. The number of nitrogens with two attached hydrogens (primary N) is 1. The maximum Gasteiger partial charge on any atom is 0.243 e. The molecule has 1 aromatic rings. The topological polar surface area (TPSA) is 63.4 Å². The van der Waals surface area contributed by atoms with Crippen LogP contribution in [-0.2, 0) is 23.0 Å². The van der Waals surface area contributed by atoms with Crippen LogP contribution in [0.4, 0.5) is 0 Å². The highest BCUT2D eigenvalue weighted by Crippen LogP contribution is 2.24. The van der Waals surface area contributed by atoms with Crippen LogP contribution in [0.15, 0.2) is 23.1 Å². The Kier molecular flexibility index (Phi) is 6.17. The number of rotatable bonds is 7. The molecular formula is C15H26N2O2S. The zero-order valence-electron chi connectivity index (χ0n) is 12.9. The molecule has 20 heavy (non-hydrogen) atoms. The lowest BCUT2D eigenvalue weighted by Gasteiger charge is -2.26. The second-order valence-electron chi connectivity index (χ2n) is 4.99. The summed E-state index contributed by atoms with van der Waals surface area (Å²) in [4.78, 5) is 0.400. The standard InChI is InChI=1S/C15H26N2O2S/c1-5-13-9-8-12(11-16)10-15(13)20(18,19)17(4)14(6-2)7-3/h8-10,14H,5-7,11,16H2,1-4H3. The number of nitrogens with zero attached hydrogens (tertiary/aromatic N) is 1. The molecule has 114 valence electrons. The largest absolute Gasteiger partial charge is 0.326 e. The van der Waals surface area contributed by atoms with E-state index in [-0.39, 0.29) is 6.04 Å². The average Bonchev–Trinajstić information content (AvgIpc) is 2.47. The van der Waals surface area contributed by atoms with Crippen LogP contribution in [0.25, 0.3) is 0 Å². The molecule has 5 heteroatoms. The lowest BCUT2D eigenvalue weighted by atomic mass is 10.1. The molecule has 0 fully saturated rings. The maximum atomic E-state index is 12.8. The van der Waals surface area contributed by atoms with Gasteiger partial charge >= 0.3 is 0 Å². The lowest BCUT2D eigenvalue weighted by Crippen LogP contribution is -2.36. The Morgan fingerprint density at radius 2 is 1.80 bits per heavy atom. The quantitative estimate of drug-likeness (QED) is 0.841. The van der Waals surface area contributed by atoms with E-state index in [2.05, 4.69) is 0 Å². The molecule has 0 aromatic heterocycles. The Morgan fingerprint density at radius 3 is 2.25 bits per heavy atom. The normalized spacial score (nSPS) is 12.3. The molecule has 2 N–H and O–H groups in total. The van der Waals surface area contributed by atoms with E-state index < -0.39 is 10.0 Å². The van der Waals surface area contributed by atoms with Crippen molar-refractivity contribution in [3.8, 4) is 0 Å². The van der Waals surface area contributed by atoms with E-state index in [9.17, 15) is 8.42 Å². The van der Waals surface area contributed by atoms with Gasteiger partial charge < -0.3 is 5.73 Å². The van der Waals surface area contributed by atoms with Crippen LogP contribution < -0.4 is 5.73 Å². The van der Waals surface area contributed by atoms with Gasteiger partial charge in [-0.3, -0.25) is 0 Å². The van der Waals surface area contributed by atoms with E-state index >= 15 is 0 Å². The van der Waals surface area contributed by atoms with Crippen molar-refractivity contribution in [3.05, 3.63) is 29.3 Å². The molecule has 0 heterocycles. The van der Waals surface area contributed by atoms with Gasteiger partial charge in [-0.2, -0.15) is 4.31 Å². The number of sulfonamides is 1. The van der Waals surface area contributed by atoms with E-state index in [4.69, 9.17) is 5.73 Å². The van der Waals surface area contributed by atoms with Crippen LogP contribution in [-0.4, -0.2) is 25.8 Å². The van der Waals surface area contributed by atoms with Gasteiger partial charge in [-0.05, 0) is 36.5 Å². The molecule has 0 radical (unpaired) electrons. The van der Waals surface area contributed by atoms with E-state index in [1.165, 1.54) is 4.31 Å². The number of aryl methyl sites for hydroxylation is 1. The first-order chi connectivity index (χ1) is 9.42. The molecule has 0 spiro atoms. The third-order valence-corrected chi connectivity index (χ3v) is 5.85. The van der Waals surface area contributed by atoms with Crippen molar-refractivity contribution < 1.29 is 8.42 Å². The van der Waals surface area contributed by atoms with Gasteiger partial charge in [0.1, 0.15) is 0 Å². The maximum absolute atomic E-state index is 12.8. The third-order valence-electron chi connectivity index (χ3n) is 3.86. The Morgan fingerprint density at radius 1 is 1.20 bits per heavy atom. The lowest BCUT2D eigenvalue weighted by molar-refractivity contribution is 0.349. The zero-order valence-corrected chi connectivity index (χ0v) is 13.7. The Bertz CT molecular complexity index is 537. The average molecular weight is 298 g/mol. The molecule has 0 saturated heterocycles. The van der Waals surface area contributed by atoms with Crippen molar-refractivity contribution in [2.75, 3.05) is 7.05 Å². The van der Waals surface area contributed by atoms with Crippen molar-refractivity contribution >= 4 is 10.0 Å². The van der Waals surface area contributed by atoms with Crippen LogP contribution in [0.2, 0.25) is 0 Å². The summed E-state index contributed by atoms with van der Waals surface area (Å²) in [5.74, 6) is 0. The summed E-state index contributed by atoms with van der Waals surface area (Å²) in [5, 5.41) is 0. The fraction of sp³-hybridized carbons (Fsp3) is 0.600. The predicted octanol–water partition coefficient (Wildman–Crippen LogP) is 2.52. The van der Waals surface area contributed by atoms with Gasteiger partial charge in [0, 0.05) is 19.6 Å². The van der Waals surface area contributed by atoms with Crippen LogP contribution in [0.5, 0.6) is 0 Å². The van der Waals surface area contributed by atoms with E-state index in [1.807, 2.05) is 32.9 Å². The first kappa shape index (κ1) is 17.1. The van der Waals surface area contributed by atoms with Crippen LogP contribution in [0.3, 0.4) is 0 Å². The first-order valence-corrected chi connectivity index (χ1v) is 8.66. The van der Waals surface area contributed by atoms with Gasteiger partial charge in [0.25, 0.3) is 0 Å². The molecule has 1 aromatic carbocycles. The second kappa shape index (κ2) is 7.20. The minimum atomic E-state index is -3.46. The van der Waals surface area contributed by atoms with Gasteiger partial charge in [0.05, 0.1) is 4.90 Å². The zero-order chi connectivity index (χ0) is 15.3. The van der Waals surface area contributed by atoms with Gasteiger partial charge in [0.2, 0.25) is 10.0 Å². The number of hydrogen-bond acceptors (Lipinski definition) is 3. The monoisotopic (exact) mass is 298 g/mol. The molecule has 0 amide bonds. The van der Waals surface area contributed by atoms with Crippen molar-refractivity contribution in [2.24, 2.45) is 5.73 Å². The fourth-order valence-corrected chi connectivity index (χ4v) is 4.26. The first-order valence-electron chi connectivity index (χ1n) is 7.22. The minimum Gasteiger partial charge on any atom is -0.326 e. The van der Waals surface area contributed by atoms with Crippen LogP contribution in [0.1, 0.15) is 44.7 Å². The third kappa shape index (κ3) is 3.40. The Labute approximate surface area is 123 Å². The van der Waals surface area contributed by atoms with Crippen LogP contribution in [0, 0.1) is 0 Å². The summed E-state index contributed by atoms with van der Waals surface area (Å²) in [7, 11) is -1.79. The molecule has 1 rings (SSSR count). The van der Waals surface area contributed by atoms with Gasteiger partial charge in [-0.1, -0.05) is 32.9 Å². The summed E-state index contributed by atoms with van der Waals surface area (Å²) in [6.45, 7) is 6.34. The number of benzene rings is 1. The molecule has 0 saturated carbocycles. The summed E-state index contributed by atoms with van der Waals surface area (Å²) in [6, 6.07) is 5.52. The van der Waals surface area contributed by atoms with Crippen molar-refractivity contribution in [3.63, 3.8) is 0 Å². The van der Waals surface area contributed by atoms with Crippen LogP contribution >= 0.6 is 0 Å². The molecule has 4 nitrogen and oxygen atoms in total. The van der Waals surface area contributed by atoms with Gasteiger partial charge in [0.15, 0.2) is 0 Å². The van der Waals surface area contributed by atoms with E-state index in [0.29, 0.717) is 17.9 Å². The summed E-state index contributed by atoms with van der Waals surface area (Å²) >= 11 is 0. The molecule has 0 bridgehead atoms. The summed E-state index contributed by atoms with van der Waals surface area (Å²) < 4.78 is 27.2. The molecule has 0 aliphatic carbocycles. The van der Waals surface area contributed by atoms with Crippen molar-refractivity contribution in [1.82, 2.24) is 4.31 Å². The summed E-state index contributed by atoms with van der Waals surface area (Å²) in [6.07, 6.45) is 2.31. The molecule has 0 unspecified atom stereocenters. The molecule has 0 aliphatic heterocycles. The summed E-state index contributed by atoms with van der Waals surface area (Å²) in [5.41, 5.74) is 7.33. The highest BCUT2D eigenvalue weighted by atomic mass is 32.2. The minimum absolute atomic E-state index is 0.0336. The highest BCUT2D eigenvalue weighted by Gasteiger charge is 2.28. The smallest absolute Gasteiger partial charge is 0.243 e. The van der Waals surface area contributed by atoms with E-state index in [0.717, 1.165) is 24.0 Å². The van der Waals surface area contributed by atoms with Gasteiger partial charge in [-0.15, -0.1) is 0 Å². The van der Waals surface area contributed by atoms with Crippen molar-refractivity contribution in [1.29, 1.82) is 0 Å². The number of hydrogen-bond donors (Lipinski definition) is 1. The second-order valence-corrected chi connectivity index (χ2v) is 6.96.